The van der Waals surface area contributed by atoms with Crippen molar-refractivity contribution < 1.29 is 4.42 Å². The zero-order chi connectivity index (χ0) is 25.5. The molecule has 0 fully saturated rings. The van der Waals surface area contributed by atoms with E-state index in [4.69, 9.17) is 39.2 Å². The van der Waals surface area contributed by atoms with Crippen LogP contribution >= 0.6 is 62.1 Å². The highest BCUT2D eigenvalue weighted by Gasteiger charge is 2.13. The van der Waals surface area contributed by atoms with Gasteiger partial charge in [0.1, 0.15) is 5.58 Å². The minimum Gasteiger partial charge on any atom is -0.422 e. The molecule has 0 radical (unpaired) electrons. The van der Waals surface area contributed by atoms with Gasteiger partial charge in [-0.15, -0.1) is 11.3 Å². The summed E-state index contributed by atoms with van der Waals surface area (Å²) in [5.74, 6) is 0. The van der Waals surface area contributed by atoms with Crippen molar-refractivity contribution in [3.63, 3.8) is 0 Å². The fourth-order valence-electron chi connectivity index (χ4n) is 3.31. The topological polar surface area (TPSA) is 67.5 Å². The Labute approximate surface area is 234 Å². The maximum Gasteiger partial charge on any atom is 0.345 e. The smallest absolute Gasteiger partial charge is 0.345 e. The molecule has 10 heteroatoms. The number of hydrogen-bond donors (Lipinski definition) is 1. The molecule has 0 aliphatic rings. The Morgan fingerprint density at radius 3 is 2.17 bits per heavy atom. The molecule has 5 rings (SSSR count). The van der Waals surface area contributed by atoms with Crippen LogP contribution in [0.25, 0.3) is 22.2 Å². The first kappa shape index (κ1) is 26.4. The summed E-state index contributed by atoms with van der Waals surface area (Å²) in [5, 5.41) is 7.86. The Bertz CT molecular complexity index is 1500. The Hall–Kier alpha value is -2.68. The van der Waals surface area contributed by atoms with E-state index < -0.39 is 9.92 Å². The van der Waals surface area contributed by atoms with Crippen LogP contribution < -0.4 is 11.1 Å². The van der Waals surface area contributed by atoms with Crippen LogP contribution in [0.15, 0.2) is 109 Å². The summed E-state index contributed by atoms with van der Waals surface area (Å²) < 4.78 is 5.63. The summed E-state index contributed by atoms with van der Waals surface area (Å²) in [5.41, 5.74) is 6.91. The number of benzene rings is 3. The Morgan fingerprint density at radius 1 is 0.944 bits per heavy atom. The number of nitrogens with one attached hydrogen (secondary N) is 1. The van der Waals surface area contributed by atoms with E-state index in [9.17, 15) is 4.79 Å². The van der Waals surface area contributed by atoms with Crippen LogP contribution in [0.2, 0.25) is 0 Å². The third-order valence-corrected chi connectivity index (χ3v) is 6.07. The van der Waals surface area contributed by atoms with Crippen LogP contribution in [0.5, 0.6) is 0 Å². The van der Waals surface area contributed by atoms with Gasteiger partial charge >= 0.3 is 5.63 Å². The molecule has 0 bridgehead atoms. The molecule has 3 aromatic carbocycles. The van der Waals surface area contributed by atoms with Crippen molar-refractivity contribution in [2.45, 2.75) is 4.30 Å². The average molecular weight is 622 g/mol. The predicted molar refractivity (Wildman–Crippen MR) is 155 cm³/mol. The van der Waals surface area contributed by atoms with Crippen LogP contribution in [-0.4, -0.2) is 15.0 Å². The number of hydrazone groups is 1. The number of fused-ring (bicyclic) bond motifs is 1. The van der Waals surface area contributed by atoms with Gasteiger partial charge in [-0.05, 0) is 24.3 Å². The molecular formula is C26H17BrCl3N3O2S. The molecule has 0 amide bonds. The molecule has 0 atom stereocenters. The van der Waals surface area contributed by atoms with Gasteiger partial charge in [0.15, 0.2) is 4.30 Å². The second kappa shape index (κ2) is 12.5. The van der Waals surface area contributed by atoms with Crippen molar-refractivity contribution in [1.82, 2.24) is 4.98 Å². The number of thiazole rings is 1. The molecule has 0 saturated carbocycles. The molecule has 0 saturated heterocycles. The van der Waals surface area contributed by atoms with Gasteiger partial charge in [-0.25, -0.2) is 9.78 Å². The van der Waals surface area contributed by atoms with E-state index in [1.165, 1.54) is 11.3 Å². The average Bonchev–Trinajstić information content (AvgIpc) is 3.34. The quantitative estimate of drug-likeness (QED) is 0.0925. The van der Waals surface area contributed by atoms with E-state index >= 15 is 0 Å². The lowest BCUT2D eigenvalue weighted by Gasteiger charge is -2.07. The standard InChI is InChI=1S/C25H16BrN3O2S.CHCl3/c26-19-11-12-22-18(13-19)14-20(24(30)31-22)21-15-32-25(27-21)29-28-23(16-7-3-1-4-8-16)17-9-5-2-6-10-17;2-1(3)4/h1-15H,(H,27,29);1H. The van der Waals surface area contributed by atoms with Crippen molar-refractivity contribution in [3.8, 4) is 11.3 Å². The molecule has 0 spiro atoms. The van der Waals surface area contributed by atoms with Gasteiger partial charge in [0, 0.05) is 26.4 Å². The van der Waals surface area contributed by atoms with Gasteiger partial charge in [-0.2, -0.15) is 5.10 Å². The van der Waals surface area contributed by atoms with Gasteiger partial charge in [-0.1, -0.05) is 111 Å². The second-order valence-corrected chi connectivity index (χ2v) is 11.0. The van der Waals surface area contributed by atoms with Crippen molar-refractivity contribution in [2.75, 3.05) is 5.43 Å². The van der Waals surface area contributed by atoms with Gasteiger partial charge in [0.05, 0.1) is 17.0 Å². The highest BCUT2D eigenvalue weighted by molar-refractivity contribution is 9.10. The number of rotatable bonds is 5. The molecule has 5 nitrogen and oxygen atoms in total. The summed E-state index contributed by atoms with van der Waals surface area (Å²) in [6, 6.07) is 27.2. The number of hydrogen-bond acceptors (Lipinski definition) is 6. The summed E-state index contributed by atoms with van der Waals surface area (Å²) in [4.78, 5) is 17.1. The largest absolute Gasteiger partial charge is 0.422 e. The molecule has 1 N–H and O–H groups in total. The second-order valence-electron chi connectivity index (χ2n) is 7.22. The van der Waals surface area contributed by atoms with E-state index in [1.807, 2.05) is 78.2 Å². The van der Waals surface area contributed by atoms with E-state index in [2.05, 4.69) is 31.4 Å². The summed E-state index contributed by atoms with van der Waals surface area (Å²) in [6.07, 6.45) is 0. The number of alkyl halides is 3. The first-order valence-electron chi connectivity index (χ1n) is 10.5. The van der Waals surface area contributed by atoms with Crippen LogP contribution in [0.3, 0.4) is 0 Å². The van der Waals surface area contributed by atoms with Gasteiger partial charge in [0.2, 0.25) is 5.13 Å². The van der Waals surface area contributed by atoms with Crippen LogP contribution in [0, 0.1) is 0 Å². The normalized spacial score (nSPS) is 10.6. The number of halogens is 4. The highest BCUT2D eigenvalue weighted by Crippen LogP contribution is 2.27. The molecule has 2 aromatic heterocycles. The SMILES string of the molecule is ClC(Cl)Cl.O=c1oc2ccc(Br)cc2cc1-c1csc(NN=C(c2ccccc2)c2ccccc2)n1. The third kappa shape index (κ3) is 6.96. The Morgan fingerprint density at radius 2 is 1.56 bits per heavy atom. The summed E-state index contributed by atoms with van der Waals surface area (Å²) in [7, 11) is 0. The lowest BCUT2D eigenvalue weighted by atomic mass is 10.0. The maximum absolute atomic E-state index is 12.5. The van der Waals surface area contributed by atoms with Gasteiger partial charge in [0.25, 0.3) is 0 Å². The van der Waals surface area contributed by atoms with Crippen LogP contribution in [0.4, 0.5) is 5.13 Å². The van der Waals surface area contributed by atoms with Crippen molar-refractivity contribution >= 4 is 83.9 Å². The van der Waals surface area contributed by atoms with E-state index in [0.717, 1.165) is 26.7 Å². The van der Waals surface area contributed by atoms with Crippen molar-refractivity contribution in [3.05, 3.63) is 116 Å². The van der Waals surface area contributed by atoms with Crippen molar-refractivity contribution in [2.24, 2.45) is 5.10 Å². The fraction of sp³-hybridized carbons (Fsp3) is 0.0385. The first-order valence-corrected chi connectivity index (χ1v) is 13.4. The predicted octanol–water partition coefficient (Wildman–Crippen LogP) is 8.53. The van der Waals surface area contributed by atoms with Crippen LogP contribution in [0.1, 0.15) is 11.1 Å². The number of anilines is 1. The lowest BCUT2D eigenvalue weighted by molar-refractivity contribution is 0.563. The van der Waals surface area contributed by atoms with Gasteiger partial charge < -0.3 is 4.42 Å². The number of aromatic nitrogens is 1. The Kier molecular flexibility index (Phi) is 9.18. The summed E-state index contributed by atoms with van der Waals surface area (Å²) in [6.45, 7) is 0. The Balaban J connectivity index is 0.000000709. The molecule has 182 valence electrons. The zero-order valence-corrected chi connectivity index (χ0v) is 23.0. The molecule has 0 unspecified atom stereocenters. The molecule has 0 aliphatic carbocycles. The van der Waals surface area contributed by atoms with E-state index in [0.29, 0.717) is 22.0 Å². The monoisotopic (exact) mass is 619 g/mol. The molecular weight excluding hydrogens is 605 g/mol. The minimum absolute atomic E-state index is 0.412. The van der Waals surface area contributed by atoms with E-state index in [-0.39, 0.29) is 0 Å². The molecule has 2 heterocycles. The summed E-state index contributed by atoms with van der Waals surface area (Å²) >= 11 is 19.2. The fourth-order valence-corrected chi connectivity index (χ4v) is 4.34. The first-order chi connectivity index (χ1) is 17.4. The third-order valence-electron chi connectivity index (χ3n) is 4.83. The van der Waals surface area contributed by atoms with Crippen molar-refractivity contribution in [1.29, 1.82) is 0 Å². The van der Waals surface area contributed by atoms with E-state index in [1.54, 1.807) is 12.1 Å². The molecule has 5 aromatic rings. The maximum atomic E-state index is 12.5. The molecule has 0 aliphatic heterocycles. The molecule has 36 heavy (non-hydrogen) atoms. The number of nitrogens with zero attached hydrogens (tertiary/aromatic N) is 2. The zero-order valence-electron chi connectivity index (χ0n) is 18.4. The highest BCUT2D eigenvalue weighted by atomic mass is 79.9. The minimum atomic E-state index is -0.750. The van der Waals surface area contributed by atoms with Gasteiger partial charge in [-0.3, -0.25) is 5.43 Å². The lowest BCUT2D eigenvalue weighted by Crippen LogP contribution is -2.06. The van der Waals surface area contributed by atoms with Crippen LogP contribution in [-0.2, 0) is 0 Å².